The van der Waals surface area contributed by atoms with E-state index in [0.717, 1.165) is 37.0 Å². The molecule has 2 aromatic rings. The molecule has 0 radical (unpaired) electrons. The van der Waals surface area contributed by atoms with Crippen molar-refractivity contribution in [2.75, 3.05) is 13.1 Å². The molecule has 1 fully saturated rings. The fraction of sp³-hybridized carbons (Fsp3) is 0.476. The van der Waals surface area contributed by atoms with Crippen LogP contribution in [0.25, 0.3) is 0 Å². The summed E-state index contributed by atoms with van der Waals surface area (Å²) in [6, 6.07) is 11.0. The van der Waals surface area contributed by atoms with E-state index in [1.54, 1.807) is 0 Å². The van der Waals surface area contributed by atoms with E-state index >= 15 is 0 Å². The Balaban J connectivity index is 1.66. The van der Waals surface area contributed by atoms with Crippen LogP contribution in [0.1, 0.15) is 41.9 Å². The van der Waals surface area contributed by atoms with Crippen LogP contribution >= 0.6 is 0 Å². The minimum absolute atomic E-state index is 0.234. The van der Waals surface area contributed by atoms with Gasteiger partial charge in [0.2, 0.25) is 0 Å². The maximum Gasteiger partial charge on any atom is 0.271 e. The molecular weight excluding hydrogens is 340 g/mol. The maximum absolute atomic E-state index is 12.4. The molecule has 6 nitrogen and oxygen atoms in total. The SMILES string of the molecule is CC1CC(C)CN(Cc2ccccc2CNC(=O)c2ccc(=O)n(C)n2)C1. The standard InChI is InChI=1S/C21H28N4O2/c1-15-10-16(2)13-25(12-15)14-18-7-5-4-6-17(18)11-22-21(27)19-8-9-20(26)24(3)23-19/h4-9,15-16H,10-14H2,1-3H3,(H,22,27). The average Bonchev–Trinajstić information content (AvgIpc) is 2.62. The minimum atomic E-state index is -0.277. The van der Waals surface area contributed by atoms with Crippen LogP contribution in [0.15, 0.2) is 41.2 Å². The molecule has 0 aliphatic carbocycles. The molecule has 1 aromatic carbocycles. The number of amides is 1. The number of nitrogens with one attached hydrogen (secondary N) is 1. The van der Waals surface area contributed by atoms with Gasteiger partial charge in [0.05, 0.1) is 0 Å². The van der Waals surface area contributed by atoms with Crippen molar-refractivity contribution in [2.24, 2.45) is 18.9 Å². The van der Waals surface area contributed by atoms with E-state index < -0.39 is 0 Å². The molecule has 1 aliphatic rings. The number of likely N-dealkylation sites (tertiary alicyclic amines) is 1. The first kappa shape index (κ1) is 19.3. The molecule has 6 heteroatoms. The van der Waals surface area contributed by atoms with Gasteiger partial charge in [-0.25, -0.2) is 4.68 Å². The fourth-order valence-electron chi connectivity index (χ4n) is 3.94. The number of rotatable bonds is 5. The van der Waals surface area contributed by atoms with Gasteiger partial charge in [0.1, 0.15) is 5.69 Å². The van der Waals surface area contributed by atoms with Crippen LogP contribution in [0.2, 0.25) is 0 Å². The van der Waals surface area contributed by atoms with Crippen molar-refractivity contribution in [3.8, 4) is 0 Å². The van der Waals surface area contributed by atoms with E-state index in [4.69, 9.17) is 0 Å². The third-order valence-corrected chi connectivity index (χ3v) is 5.09. The van der Waals surface area contributed by atoms with Gasteiger partial charge >= 0.3 is 0 Å². The summed E-state index contributed by atoms with van der Waals surface area (Å²) in [6.07, 6.45) is 1.29. The summed E-state index contributed by atoms with van der Waals surface area (Å²) in [7, 11) is 1.54. The monoisotopic (exact) mass is 368 g/mol. The van der Waals surface area contributed by atoms with Crippen molar-refractivity contribution in [3.05, 3.63) is 63.6 Å². The minimum Gasteiger partial charge on any atom is -0.347 e. The summed E-state index contributed by atoms with van der Waals surface area (Å²) < 4.78 is 1.17. The summed E-state index contributed by atoms with van der Waals surface area (Å²) in [6.45, 7) is 8.21. The first-order valence-corrected chi connectivity index (χ1v) is 9.54. The Kier molecular flexibility index (Phi) is 6.06. The first-order valence-electron chi connectivity index (χ1n) is 9.54. The number of benzene rings is 1. The second kappa shape index (κ2) is 8.48. The molecule has 1 amide bonds. The zero-order valence-electron chi connectivity index (χ0n) is 16.3. The highest BCUT2D eigenvalue weighted by atomic mass is 16.2. The number of carbonyl (C=O) groups excluding carboxylic acids is 1. The normalized spacial score (nSPS) is 20.4. The molecule has 27 heavy (non-hydrogen) atoms. The van der Waals surface area contributed by atoms with Crippen molar-refractivity contribution in [3.63, 3.8) is 0 Å². The van der Waals surface area contributed by atoms with Gasteiger partial charge in [0.15, 0.2) is 0 Å². The van der Waals surface area contributed by atoms with Crippen molar-refractivity contribution in [2.45, 2.75) is 33.4 Å². The van der Waals surface area contributed by atoms with Crippen molar-refractivity contribution < 1.29 is 4.79 Å². The number of carbonyl (C=O) groups is 1. The zero-order chi connectivity index (χ0) is 19.4. The summed E-state index contributed by atoms with van der Waals surface area (Å²) >= 11 is 0. The van der Waals surface area contributed by atoms with Gasteiger partial charge in [0, 0.05) is 39.3 Å². The smallest absolute Gasteiger partial charge is 0.271 e. The molecule has 1 saturated heterocycles. The molecule has 1 N–H and O–H groups in total. The van der Waals surface area contributed by atoms with Crippen LogP contribution in [0.4, 0.5) is 0 Å². The Morgan fingerprint density at radius 2 is 1.78 bits per heavy atom. The molecule has 2 unspecified atom stereocenters. The van der Waals surface area contributed by atoms with E-state index in [1.807, 2.05) is 12.1 Å². The maximum atomic E-state index is 12.4. The van der Waals surface area contributed by atoms with Crippen LogP contribution in [0, 0.1) is 11.8 Å². The van der Waals surface area contributed by atoms with Crippen LogP contribution in [0.3, 0.4) is 0 Å². The second-order valence-electron chi connectivity index (χ2n) is 7.77. The lowest BCUT2D eigenvalue weighted by atomic mass is 9.91. The topological polar surface area (TPSA) is 67.2 Å². The molecule has 144 valence electrons. The largest absolute Gasteiger partial charge is 0.347 e. The van der Waals surface area contributed by atoms with Gasteiger partial charge in [-0.1, -0.05) is 38.1 Å². The van der Waals surface area contributed by atoms with Gasteiger partial charge in [-0.2, -0.15) is 5.10 Å². The predicted molar refractivity (Wildman–Crippen MR) is 105 cm³/mol. The van der Waals surface area contributed by atoms with Gasteiger partial charge in [-0.3, -0.25) is 14.5 Å². The highest BCUT2D eigenvalue weighted by molar-refractivity contribution is 5.91. The number of hydrogen-bond acceptors (Lipinski definition) is 4. The van der Waals surface area contributed by atoms with Crippen molar-refractivity contribution >= 4 is 5.91 Å². The van der Waals surface area contributed by atoms with Crippen LogP contribution < -0.4 is 10.9 Å². The Labute approximate surface area is 160 Å². The van der Waals surface area contributed by atoms with Gasteiger partial charge in [0.25, 0.3) is 11.5 Å². The third-order valence-electron chi connectivity index (χ3n) is 5.09. The lowest BCUT2D eigenvalue weighted by molar-refractivity contribution is 0.0943. The molecule has 1 aromatic heterocycles. The van der Waals surface area contributed by atoms with Gasteiger partial charge in [-0.05, 0) is 35.4 Å². The van der Waals surface area contributed by atoms with E-state index in [2.05, 4.69) is 41.3 Å². The number of aryl methyl sites for hydroxylation is 1. The molecule has 0 spiro atoms. The highest BCUT2D eigenvalue weighted by Gasteiger charge is 2.22. The Morgan fingerprint density at radius 1 is 1.11 bits per heavy atom. The highest BCUT2D eigenvalue weighted by Crippen LogP contribution is 2.23. The summed E-state index contributed by atoms with van der Waals surface area (Å²) in [5, 5.41) is 6.92. The van der Waals surface area contributed by atoms with Crippen molar-refractivity contribution in [1.29, 1.82) is 0 Å². The number of aromatic nitrogens is 2. The molecular formula is C21H28N4O2. The van der Waals surface area contributed by atoms with Crippen LogP contribution in [0.5, 0.6) is 0 Å². The summed E-state index contributed by atoms with van der Waals surface area (Å²) in [4.78, 5) is 26.3. The Bertz CT molecular complexity index is 851. The predicted octanol–water partition coefficient (Wildman–Crippen LogP) is 2.19. The molecule has 0 saturated carbocycles. The molecule has 1 aliphatic heterocycles. The summed E-state index contributed by atoms with van der Waals surface area (Å²) in [5.74, 6) is 1.16. The molecule has 2 heterocycles. The van der Waals surface area contributed by atoms with Gasteiger partial charge < -0.3 is 5.32 Å². The first-order chi connectivity index (χ1) is 12.9. The summed E-state index contributed by atoms with van der Waals surface area (Å²) in [5.41, 5.74) is 2.37. The lowest BCUT2D eigenvalue weighted by Crippen LogP contribution is -2.38. The Hall–Kier alpha value is -2.47. The molecule has 3 rings (SSSR count). The molecule has 0 bridgehead atoms. The number of nitrogens with zero attached hydrogens (tertiary/aromatic N) is 3. The van der Waals surface area contributed by atoms with Gasteiger partial charge in [-0.15, -0.1) is 0 Å². The van der Waals surface area contributed by atoms with E-state index in [0.29, 0.717) is 6.54 Å². The lowest BCUT2D eigenvalue weighted by Gasteiger charge is -2.35. The van der Waals surface area contributed by atoms with E-state index in [-0.39, 0.29) is 17.2 Å². The van der Waals surface area contributed by atoms with E-state index in [1.165, 1.54) is 35.8 Å². The van der Waals surface area contributed by atoms with Crippen LogP contribution in [-0.4, -0.2) is 33.7 Å². The second-order valence-corrected chi connectivity index (χ2v) is 7.77. The zero-order valence-corrected chi connectivity index (χ0v) is 16.3. The third kappa shape index (κ3) is 5.04. The quantitative estimate of drug-likeness (QED) is 0.878. The number of piperidine rings is 1. The number of hydrogen-bond donors (Lipinski definition) is 1. The molecule has 2 atom stereocenters. The van der Waals surface area contributed by atoms with Crippen molar-refractivity contribution in [1.82, 2.24) is 20.0 Å². The fourth-order valence-corrected chi connectivity index (χ4v) is 3.94. The average molecular weight is 368 g/mol. The van der Waals surface area contributed by atoms with Crippen LogP contribution in [-0.2, 0) is 20.1 Å². The van der Waals surface area contributed by atoms with E-state index in [9.17, 15) is 9.59 Å². The Morgan fingerprint density at radius 3 is 2.44 bits per heavy atom.